The number of hydrogen-bond donors (Lipinski definition) is 0. The third-order valence-corrected chi connectivity index (χ3v) is 3.62. The molecule has 0 saturated carbocycles. The summed E-state index contributed by atoms with van der Waals surface area (Å²) in [6, 6.07) is 12.1. The molecule has 1 aromatic heterocycles. The zero-order chi connectivity index (χ0) is 20.1. The molecular weight excluding hydrogens is 373 g/mol. The van der Waals surface area contributed by atoms with Gasteiger partial charge in [0.2, 0.25) is 11.5 Å². The molecule has 0 saturated heterocycles. The number of benzene rings is 2. The van der Waals surface area contributed by atoms with Gasteiger partial charge >= 0.3 is 11.7 Å². The molecule has 0 unspecified atom stereocenters. The summed E-state index contributed by atoms with van der Waals surface area (Å²) < 4.78 is 33.6. The van der Waals surface area contributed by atoms with Gasteiger partial charge in [-0.05, 0) is 48.5 Å². The summed E-state index contributed by atoms with van der Waals surface area (Å²) in [4.78, 5) is 22.7. The molecule has 0 radical (unpaired) electrons. The van der Waals surface area contributed by atoms with Crippen molar-refractivity contribution in [3.63, 3.8) is 0 Å². The lowest BCUT2D eigenvalue weighted by molar-refractivity contribution is -0.385. The molecule has 0 spiro atoms. The molecule has 0 aliphatic carbocycles. The second kappa shape index (κ2) is 8.21. The molecule has 0 aliphatic rings. The van der Waals surface area contributed by atoms with Crippen molar-refractivity contribution >= 4 is 11.7 Å². The minimum Gasteiger partial charge on any atom is -0.496 e. The predicted molar refractivity (Wildman–Crippen MR) is 94.0 cm³/mol. The normalized spacial score (nSPS) is 10.4. The summed E-state index contributed by atoms with van der Waals surface area (Å²) >= 11 is 0. The van der Waals surface area contributed by atoms with Gasteiger partial charge < -0.3 is 18.6 Å². The highest BCUT2D eigenvalue weighted by Crippen LogP contribution is 2.31. The summed E-state index contributed by atoms with van der Waals surface area (Å²) in [6.07, 6.45) is 0. The van der Waals surface area contributed by atoms with E-state index in [4.69, 9.17) is 18.6 Å². The van der Waals surface area contributed by atoms with E-state index in [1.54, 1.807) is 0 Å². The first-order chi connectivity index (χ1) is 13.5. The van der Waals surface area contributed by atoms with Gasteiger partial charge in [0.05, 0.1) is 18.1 Å². The van der Waals surface area contributed by atoms with E-state index < -0.39 is 16.6 Å². The number of nitro groups is 1. The Morgan fingerprint density at radius 2 is 1.82 bits per heavy atom. The van der Waals surface area contributed by atoms with E-state index in [1.807, 2.05) is 0 Å². The maximum absolute atomic E-state index is 12.9. The van der Waals surface area contributed by atoms with Gasteiger partial charge in [0.15, 0.2) is 0 Å². The Morgan fingerprint density at radius 1 is 1.11 bits per heavy atom. The molecule has 3 rings (SSSR count). The maximum Gasteiger partial charge on any atom is 0.379 e. The summed E-state index contributed by atoms with van der Waals surface area (Å²) in [5.74, 6) is -0.676. The Kier molecular flexibility index (Phi) is 5.54. The average molecular weight is 387 g/mol. The molecule has 28 heavy (non-hydrogen) atoms. The Bertz CT molecular complexity index is 998. The fourth-order valence-electron chi connectivity index (χ4n) is 2.25. The Balaban J connectivity index is 1.67. The van der Waals surface area contributed by atoms with Crippen LogP contribution in [0, 0.1) is 15.9 Å². The molecule has 0 amide bonds. The Hall–Kier alpha value is -3.88. The molecule has 2 aromatic carbocycles. The van der Waals surface area contributed by atoms with Gasteiger partial charge in [-0.2, -0.15) is 0 Å². The van der Waals surface area contributed by atoms with Gasteiger partial charge in [-0.25, -0.2) is 9.18 Å². The predicted octanol–water partition coefficient (Wildman–Crippen LogP) is 4.13. The molecule has 3 aromatic rings. The van der Waals surface area contributed by atoms with E-state index in [1.165, 1.54) is 55.6 Å². The second-order valence-electron chi connectivity index (χ2n) is 5.49. The third kappa shape index (κ3) is 4.44. The molecule has 0 N–H and O–H groups in total. The van der Waals surface area contributed by atoms with Crippen molar-refractivity contribution in [2.75, 3.05) is 7.11 Å². The summed E-state index contributed by atoms with van der Waals surface area (Å²) in [5.41, 5.74) is -0.417. The minimum absolute atomic E-state index is 0.00158. The highest BCUT2D eigenvalue weighted by Gasteiger charge is 2.22. The van der Waals surface area contributed by atoms with Gasteiger partial charge in [0.1, 0.15) is 29.7 Å². The van der Waals surface area contributed by atoms with Crippen molar-refractivity contribution in [3.8, 4) is 17.2 Å². The van der Waals surface area contributed by atoms with Gasteiger partial charge in [-0.1, -0.05) is 0 Å². The molecule has 0 aliphatic heterocycles. The Labute approximate surface area is 158 Å². The van der Waals surface area contributed by atoms with Gasteiger partial charge in [0, 0.05) is 0 Å². The van der Waals surface area contributed by atoms with Gasteiger partial charge in [-0.15, -0.1) is 0 Å². The summed E-state index contributed by atoms with van der Waals surface area (Å²) in [5, 5.41) is 11.1. The largest absolute Gasteiger partial charge is 0.496 e. The van der Waals surface area contributed by atoms with Crippen LogP contribution in [0.25, 0.3) is 0 Å². The lowest BCUT2D eigenvalue weighted by Gasteiger charge is -2.06. The number of nitrogens with zero attached hydrogens (tertiary/aromatic N) is 1. The number of hydrogen-bond acceptors (Lipinski definition) is 7. The van der Waals surface area contributed by atoms with E-state index in [2.05, 4.69) is 0 Å². The standard InChI is InChI=1S/C19H14FNO7/c1-25-14-6-8-17(16(10-14)21(23)24)28-19(22)18-9-7-15(27-18)11-26-13-4-2-12(20)3-5-13/h2-10H,11H2,1H3. The van der Waals surface area contributed by atoms with E-state index >= 15 is 0 Å². The van der Waals surface area contributed by atoms with Crippen molar-refractivity contribution < 1.29 is 32.7 Å². The number of rotatable bonds is 7. The first-order valence-corrected chi connectivity index (χ1v) is 7.98. The van der Waals surface area contributed by atoms with Crippen molar-refractivity contribution in [1.82, 2.24) is 0 Å². The number of halogens is 1. The zero-order valence-corrected chi connectivity index (χ0v) is 14.6. The van der Waals surface area contributed by atoms with Crippen LogP contribution in [0.3, 0.4) is 0 Å². The van der Waals surface area contributed by atoms with Crippen molar-refractivity contribution in [3.05, 3.63) is 82.0 Å². The number of ether oxygens (including phenoxy) is 3. The van der Waals surface area contributed by atoms with Crippen LogP contribution in [0.1, 0.15) is 16.3 Å². The molecule has 9 heteroatoms. The molecular formula is C19H14FNO7. The van der Waals surface area contributed by atoms with Crippen LogP contribution < -0.4 is 14.2 Å². The number of nitro benzene ring substituents is 1. The fourth-order valence-corrected chi connectivity index (χ4v) is 2.25. The van der Waals surface area contributed by atoms with Crippen molar-refractivity contribution in [1.29, 1.82) is 0 Å². The first kappa shape index (κ1) is 18.9. The first-order valence-electron chi connectivity index (χ1n) is 7.98. The highest BCUT2D eigenvalue weighted by molar-refractivity contribution is 5.88. The lowest BCUT2D eigenvalue weighted by atomic mass is 10.3. The van der Waals surface area contributed by atoms with Crippen LogP contribution in [0.5, 0.6) is 17.2 Å². The molecule has 1 heterocycles. The zero-order valence-electron chi connectivity index (χ0n) is 14.6. The lowest BCUT2D eigenvalue weighted by Crippen LogP contribution is -2.09. The van der Waals surface area contributed by atoms with Crippen LogP contribution in [0.2, 0.25) is 0 Å². The number of carbonyl (C=O) groups is 1. The minimum atomic E-state index is -0.902. The van der Waals surface area contributed by atoms with Crippen molar-refractivity contribution in [2.24, 2.45) is 0 Å². The third-order valence-electron chi connectivity index (χ3n) is 3.62. The van der Waals surface area contributed by atoms with E-state index in [0.717, 1.165) is 6.07 Å². The molecule has 0 fully saturated rings. The smallest absolute Gasteiger partial charge is 0.379 e. The number of furan rings is 1. The highest BCUT2D eigenvalue weighted by atomic mass is 19.1. The van der Waals surface area contributed by atoms with Crippen LogP contribution in [-0.4, -0.2) is 18.0 Å². The van der Waals surface area contributed by atoms with Crippen molar-refractivity contribution in [2.45, 2.75) is 6.61 Å². The summed E-state index contributed by atoms with van der Waals surface area (Å²) in [6.45, 7) is 0.00158. The number of esters is 1. The van der Waals surface area contributed by atoms with E-state index in [0.29, 0.717) is 11.5 Å². The molecule has 0 atom stereocenters. The number of carbonyl (C=O) groups excluding carboxylic acids is 1. The van der Waals surface area contributed by atoms with Crippen LogP contribution in [0.4, 0.5) is 10.1 Å². The van der Waals surface area contributed by atoms with E-state index in [-0.39, 0.29) is 29.7 Å². The van der Waals surface area contributed by atoms with Crippen LogP contribution in [0.15, 0.2) is 59.0 Å². The maximum atomic E-state index is 12.9. The Morgan fingerprint density at radius 3 is 2.50 bits per heavy atom. The second-order valence-corrected chi connectivity index (χ2v) is 5.49. The fraction of sp³-hybridized carbons (Fsp3) is 0.105. The molecule has 0 bridgehead atoms. The number of methoxy groups -OCH3 is 1. The SMILES string of the molecule is COc1ccc(OC(=O)c2ccc(COc3ccc(F)cc3)o2)c([N+](=O)[O-])c1. The monoisotopic (exact) mass is 387 g/mol. The molecule has 8 nitrogen and oxygen atoms in total. The van der Waals surface area contributed by atoms with Crippen LogP contribution in [-0.2, 0) is 6.61 Å². The summed E-state index contributed by atoms with van der Waals surface area (Å²) in [7, 11) is 1.36. The quantitative estimate of drug-likeness (QED) is 0.260. The van der Waals surface area contributed by atoms with Gasteiger partial charge in [0.25, 0.3) is 0 Å². The van der Waals surface area contributed by atoms with Crippen LogP contribution >= 0.6 is 0 Å². The van der Waals surface area contributed by atoms with E-state index in [9.17, 15) is 19.3 Å². The molecule has 144 valence electrons. The topological polar surface area (TPSA) is 101 Å². The van der Waals surface area contributed by atoms with Gasteiger partial charge in [-0.3, -0.25) is 10.1 Å². The average Bonchev–Trinajstić information content (AvgIpc) is 3.17.